The third-order valence-corrected chi connectivity index (χ3v) is 11.7. The van der Waals surface area contributed by atoms with Gasteiger partial charge in [0.1, 0.15) is 24.0 Å². The molecule has 0 bridgehead atoms. The highest BCUT2D eigenvalue weighted by molar-refractivity contribution is 8.02. The van der Waals surface area contributed by atoms with Gasteiger partial charge in [-0.2, -0.15) is 0 Å². The Morgan fingerprint density at radius 1 is 0.936 bits per heavy atom. The minimum absolute atomic E-state index is 0.0732. The number of thioether (sulfide) groups is 1. The number of aromatic nitrogens is 3. The Kier molecular flexibility index (Phi) is 8.33. The number of fused-ring (bicyclic) bond motifs is 3. The van der Waals surface area contributed by atoms with E-state index in [0.717, 1.165) is 28.9 Å². The van der Waals surface area contributed by atoms with E-state index in [2.05, 4.69) is 16.4 Å². The first-order valence-electron chi connectivity index (χ1n) is 16.4. The summed E-state index contributed by atoms with van der Waals surface area (Å²) in [5, 5.41) is 18.0. The third kappa shape index (κ3) is 5.22. The van der Waals surface area contributed by atoms with Gasteiger partial charge in [0.15, 0.2) is 0 Å². The number of para-hydroxylation sites is 1. The molecule has 5 heterocycles. The molecule has 1 unspecified atom stereocenters. The van der Waals surface area contributed by atoms with Crippen LogP contribution in [0.2, 0.25) is 0 Å². The van der Waals surface area contributed by atoms with Gasteiger partial charge in [0.05, 0.1) is 28.7 Å². The smallest absolute Gasteiger partial charge is 0.248 e. The van der Waals surface area contributed by atoms with E-state index in [-0.39, 0.29) is 31.0 Å². The second-order valence-electron chi connectivity index (χ2n) is 12.8. The van der Waals surface area contributed by atoms with Gasteiger partial charge in [0.2, 0.25) is 17.7 Å². The van der Waals surface area contributed by atoms with Crippen molar-refractivity contribution in [3.63, 3.8) is 0 Å². The Balaban J connectivity index is 1.26. The Bertz CT molecular complexity index is 1740. The number of unbranched alkanes of at least 4 members (excludes halogenated alkanes) is 2. The van der Waals surface area contributed by atoms with Gasteiger partial charge in [-0.3, -0.25) is 14.4 Å². The molecule has 5 atom stereocenters. The summed E-state index contributed by atoms with van der Waals surface area (Å²) in [6.07, 6.45) is 10.1. The number of nitrogens with zero attached hydrogens (tertiary/aromatic N) is 6. The highest BCUT2D eigenvalue weighted by atomic mass is 32.2. The van der Waals surface area contributed by atoms with Gasteiger partial charge in [0, 0.05) is 36.7 Å². The van der Waals surface area contributed by atoms with Crippen LogP contribution in [0.4, 0.5) is 5.69 Å². The Hall–Kier alpha value is -4.16. The van der Waals surface area contributed by atoms with E-state index in [1.807, 2.05) is 80.6 Å². The van der Waals surface area contributed by atoms with Crippen LogP contribution in [0.3, 0.4) is 0 Å². The molecule has 47 heavy (non-hydrogen) atoms. The quantitative estimate of drug-likeness (QED) is 0.260. The monoisotopic (exact) mass is 656 g/mol. The summed E-state index contributed by atoms with van der Waals surface area (Å²) in [7, 11) is 0. The summed E-state index contributed by atoms with van der Waals surface area (Å²) in [6, 6.07) is 14.3. The van der Waals surface area contributed by atoms with Crippen LogP contribution in [-0.4, -0.2) is 96.0 Å². The van der Waals surface area contributed by atoms with Gasteiger partial charge < -0.3 is 24.5 Å². The molecule has 4 aliphatic rings. The largest absolute Gasteiger partial charge is 0.494 e. The maximum absolute atomic E-state index is 14.8. The van der Waals surface area contributed by atoms with E-state index in [4.69, 9.17) is 4.74 Å². The standard InChI is InChI=1S/C35H40N6O5S/c1-3-46-25-15-13-24(14-16-25)39-21-9-17-34(2)28(31(39)43)29-32(44)40(20-7-4-8-22-42)30-33(45)38(19-10-18-35(29,30)47-34)23-41-27-12-6-5-11-26(27)36-37-41/h5-6,9-18,28-30,42H,3-4,7-8,19-23H2,1-2H3/t28-,29-,30?,34+,35-/m0/s1. The molecule has 0 aliphatic carbocycles. The molecule has 246 valence electrons. The van der Waals surface area contributed by atoms with Gasteiger partial charge in [-0.25, -0.2) is 4.68 Å². The molecule has 3 amide bonds. The van der Waals surface area contributed by atoms with Crippen LogP contribution >= 0.6 is 11.8 Å². The molecule has 1 N–H and O–H groups in total. The van der Waals surface area contributed by atoms with Crippen LogP contribution in [0, 0.1) is 11.8 Å². The summed E-state index contributed by atoms with van der Waals surface area (Å²) in [4.78, 5) is 49.3. The van der Waals surface area contributed by atoms with Crippen molar-refractivity contribution < 1.29 is 24.2 Å². The van der Waals surface area contributed by atoms with E-state index in [1.54, 1.807) is 31.1 Å². The number of aliphatic hydroxyl groups is 1. The van der Waals surface area contributed by atoms with Crippen LogP contribution in [0.1, 0.15) is 33.1 Å². The van der Waals surface area contributed by atoms with Gasteiger partial charge in [-0.15, -0.1) is 16.9 Å². The van der Waals surface area contributed by atoms with Crippen LogP contribution in [-0.2, 0) is 21.1 Å². The predicted octanol–water partition coefficient (Wildman–Crippen LogP) is 3.64. The van der Waals surface area contributed by atoms with Crippen molar-refractivity contribution in [2.45, 2.75) is 55.3 Å². The van der Waals surface area contributed by atoms with Crippen molar-refractivity contribution in [2.24, 2.45) is 11.8 Å². The SMILES string of the molecule is CCOc1ccc(N2CC=C[C@@]3(C)S[C@]45C=CCN(Cn6nnc7ccccc76)C(=O)C4N(CCCCCO)C(=O)[C@@H]5[C@H]3C2=O)cc1. The predicted molar refractivity (Wildman–Crippen MR) is 180 cm³/mol. The molecule has 2 saturated heterocycles. The minimum atomic E-state index is -0.939. The number of carbonyl (C=O) groups is 3. The van der Waals surface area contributed by atoms with Crippen LogP contribution < -0.4 is 9.64 Å². The van der Waals surface area contributed by atoms with Crippen LogP contribution in [0.5, 0.6) is 5.75 Å². The van der Waals surface area contributed by atoms with Gasteiger partial charge >= 0.3 is 0 Å². The van der Waals surface area contributed by atoms with Gasteiger partial charge in [-0.05, 0) is 69.5 Å². The Morgan fingerprint density at radius 3 is 2.51 bits per heavy atom. The summed E-state index contributed by atoms with van der Waals surface area (Å²) in [5.41, 5.74) is 2.30. The van der Waals surface area contributed by atoms with E-state index in [1.165, 1.54) is 0 Å². The number of benzene rings is 2. The number of ether oxygens (including phenoxy) is 1. The molecule has 2 fully saturated rings. The van der Waals surface area contributed by atoms with Crippen molar-refractivity contribution in [1.29, 1.82) is 0 Å². The van der Waals surface area contributed by atoms with E-state index in [9.17, 15) is 19.5 Å². The molecule has 12 heteroatoms. The first-order chi connectivity index (χ1) is 22.8. The zero-order valence-electron chi connectivity index (χ0n) is 26.7. The summed E-state index contributed by atoms with van der Waals surface area (Å²) >= 11 is 1.58. The first-order valence-corrected chi connectivity index (χ1v) is 17.2. The molecule has 1 aromatic heterocycles. The lowest BCUT2D eigenvalue weighted by atomic mass is 9.74. The minimum Gasteiger partial charge on any atom is -0.494 e. The number of hydrogen-bond acceptors (Lipinski definition) is 8. The maximum Gasteiger partial charge on any atom is 0.248 e. The van der Waals surface area contributed by atoms with Crippen molar-refractivity contribution in [1.82, 2.24) is 24.8 Å². The fourth-order valence-corrected chi connectivity index (χ4v) is 9.97. The lowest BCUT2D eigenvalue weighted by molar-refractivity contribution is -0.143. The van der Waals surface area contributed by atoms with Crippen molar-refractivity contribution >= 4 is 46.2 Å². The van der Waals surface area contributed by atoms with Crippen molar-refractivity contribution in [2.75, 3.05) is 37.7 Å². The highest BCUT2D eigenvalue weighted by Crippen LogP contribution is 2.65. The Morgan fingerprint density at radius 2 is 1.72 bits per heavy atom. The molecule has 0 saturated carbocycles. The number of rotatable bonds is 10. The van der Waals surface area contributed by atoms with Crippen LogP contribution in [0.25, 0.3) is 11.0 Å². The second-order valence-corrected chi connectivity index (χ2v) is 14.6. The van der Waals surface area contributed by atoms with E-state index < -0.39 is 27.4 Å². The first kappa shape index (κ1) is 31.4. The normalized spacial score (nSPS) is 28.4. The molecular weight excluding hydrogens is 616 g/mol. The summed E-state index contributed by atoms with van der Waals surface area (Å²) in [6.45, 7) is 5.86. The third-order valence-electron chi connectivity index (χ3n) is 9.88. The average molecular weight is 657 g/mol. The fraction of sp³-hybridized carbons (Fsp3) is 0.457. The molecule has 4 aliphatic heterocycles. The number of likely N-dealkylation sites (tertiary alicyclic amines) is 1. The molecule has 0 radical (unpaired) electrons. The van der Waals surface area contributed by atoms with E-state index >= 15 is 0 Å². The zero-order valence-corrected chi connectivity index (χ0v) is 27.5. The number of aliphatic hydroxyl groups excluding tert-OH is 1. The van der Waals surface area contributed by atoms with Crippen molar-refractivity contribution in [3.8, 4) is 5.75 Å². The number of anilines is 1. The van der Waals surface area contributed by atoms with Crippen molar-refractivity contribution in [3.05, 3.63) is 72.8 Å². The average Bonchev–Trinajstić information content (AvgIpc) is 3.60. The van der Waals surface area contributed by atoms with Crippen LogP contribution in [0.15, 0.2) is 72.8 Å². The number of hydrogen-bond donors (Lipinski definition) is 1. The molecule has 1 spiro atoms. The molecular formula is C35H40N6O5S. The molecule has 2 aromatic carbocycles. The van der Waals surface area contributed by atoms with E-state index in [0.29, 0.717) is 39.1 Å². The Labute approximate surface area is 278 Å². The zero-order chi connectivity index (χ0) is 32.8. The lowest BCUT2D eigenvalue weighted by Crippen LogP contribution is -2.53. The summed E-state index contributed by atoms with van der Waals surface area (Å²) in [5.74, 6) is -1.14. The lowest BCUT2D eigenvalue weighted by Gasteiger charge is -2.36. The second kappa shape index (κ2) is 12.5. The molecule has 7 rings (SSSR count). The van der Waals surface area contributed by atoms with Gasteiger partial charge in [-0.1, -0.05) is 41.7 Å². The number of carbonyl (C=O) groups excluding carboxylic acids is 3. The topological polar surface area (TPSA) is 121 Å². The molecule has 3 aromatic rings. The fourth-order valence-electron chi connectivity index (χ4n) is 7.81. The van der Waals surface area contributed by atoms with Gasteiger partial charge in [0.25, 0.3) is 0 Å². The maximum atomic E-state index is 14.8. The molecule has 11 nitrogen and oxygen atoms in total. The summed E-state index contributed by atoms with van der Waals surface area (Å²) < 4.78 is 5.69. The number of amides is 3. The highest BCUT2D eigenvalue weighted by Gasteiger charge is 2.73.